The summed E-state index contributed by atoms with van der Waals surface area (Å²) in [5, 5.41) is 0.232. The fourth-order valence-electron chi connectivity index (χ4n) is 2.25. The molecule has 0 aliphatic carbocycles. The van der Waals surface area contributed by atoms with Crippen molar-refractivity contribution < 1.29 is 14.3 Å². The van der Waals surface area contributed by atoms with E-state index in [4.69, 9.17) is 21.1 Å². The molecule has 0 spiro atoms. The summed E-state index contributed by atoms with van der Waals surface area (Å²) in [6, 6.07) is 3.29. The Bertz CT molecular complexity index is 708. The maximum absolute atomic E-state index is 12.6. The number of carbonyl (C=O) groups is 1. The largest absolute Gasteiger partial charge is 0.493 e. The first kappa shape index (κ1) is 17.1. The zero-order valence-corrected chi connectivity index (χ0v) is 14.6. The summed E-state index contributed by atoms with van der Waals surface area (Å²) >= 11 is 6.29. The topological polar surface area (TPSA) is 67.5 Å². The van der Waals surface area contributed by atoms with E-state index in [1.807, 2.05) is 13.8 Å². The standard InChI is InChI=1S/C16H20ClN3O3/c1-9-10(2)19-13(18-9)8-20(3)16(21)11-6-7-12(22-4)15(23-5)14(11)17/h6-7H,8H2,1-5H3,(H,18,19). The first-order chi connectivity index (χ1) is 10.9. The molecular formula is C16H20ClN3O3. The Morgan fingerprint density at radius 2 is 2.00 bits per heavy atom. The number of carbonyl (C=O) groups excluding carboxylic acids is 1. The quantitative estimate of drug-likeness (QED) is 0.910. The smallest absolute Gasteiger partial charge is 0.255 e. The van der Waals surface area contributed by atoms with E-state index in [1.54, 1.807) is 24.1 Å². The number of benzene rings is 1. The molecule has 1 amide bonds. The molecule has 0 saturated heterocycles. The monoisotopic (exact) mass is 337 g/mol. The number of nitrogens with one attached hydrogen (secondary N) is 1. The van der Waals surface area contributed by atoms with Gasteiger partial charge in [-0.1, -0.05) is 11.6 Å². The van der Waals surface area contributed by atoms with Crippen LogP contribution < -0.4 is 9.47 Å². The number of hydrogen-bond donors (Lipinski definition) is 1. The van der Waals surface area contributed by atoms with Crippen molar-refractivity contribution in [3.05, 3.63) is 39.9 Å². The van der Waals surface area contributed by atoms with Crippen molar-refractivity contribution in [2.24, 2.45) is 0 Å². The Hall–Kier alpha value is -2.21. The van der Waals surface area contributed by atoms with Crippen LogP contribution in [0.2, 0.25) is 5.02 Å². The SMILES string of the molecule is COc1ccc(C(=O)N(C)Cc2nc(C)c(C)[nH]2)c(Cl)c1OC. The number of aromatic amines is 1. The average molecular weight is 338 g/mol. The second-order valence-corrected chi connectivity index (χ2v) is 5.60. The molecule has 0 radical (unpaired) electrons. The number of methoxy groups -OCH3 is 2. The van der Waals surface area contributed by atoms with Crippen LogP contribution in [0.5, 0.6) is 11.5 Å². The number of amides is 1. The Balaban J connectivity index is 2.25. The number of halogens is 1. The van der Waals surface area contributed by atoms with Crippen LogP contribution in [0.25, 0.3) is 0 Å². The van der Waals surface area contributed by atoms with Gasteiger partial charge in [0.25, 0.3) is 5.91 Å². The van der Waals surface area contributed by atoms with Gasteiger partial charge in [0, 0.05) is 12.7 Å². The predicted molar refractivity (Wildman–Crippen MR) is 88.4 cm³/mol. The highest BCUT2D eigenvalue weighted by Crippen LogP contribution is 2.37. The van der Waals surface area contributed by atoms with Crippen molar-refractivity contribution in [1.82, 2.24) is 14.9 Å². The molecule has 0 fully saturated rings. The van der Waals surface area contributed by atoms with Crippen LogP contribution >= 0.6 is 11.6 Å². The van der Waals surface area contributed by atoms with Crippen molar-refractivity contribution in [2.45, 2.75) is 20.4 Å². The van der Waals surface area contributed by atoms with Crippen LogP contribution in [0.4, 0.5) is 0 Å². The van der Waals surface area contributed by atoms with E-state index in [0.29, 0.717) is 23.6 Å². The molecule has 2 aromatic rings. The molecule has 124 valence electrons. The summed E-state index contributed by atoms with van der Waals surface area (Å²) < 4.78 is 10.4. The fraction of sp³-hybridized carbons (Fsp3) is 0.375. The van der Waals surface area contributed by atoms with Crippen molar-refractivity contribution in [1.29, 1.82) is 0 Å². The van der Waals surface area contributed by atoms with E-state index in [9.17, 15) is 4.79 Å². The van der Waals surface area contributed by atoms with Crippen molar-refractivity contribution in [2.75, 3.05) is 21.3 Å². The Morgan fingerprint density at radius 3 is 2.52 bits per heavy atom. The Morgan fingerprint density at radius 1 is 1.30 bits per heavy atom. The Labute approximate surface area is 140 Å². The molecular weight excluding hydrogens is 318 g/mol. The molecule has 23 heavy (non-hydrogen) atoms. The third kappa shape index (κ3) is 3.42. The number of ether oxygens (including phenoxy) is 2. The predicted octanol–water partition coefficient (Wildman–Crippen LogP) is 2.97. The highest BCUT2D eigenvalue weighted by atomic mass is 35.5. The third-order valence-corrected chi connectivity index (χ3v) is 4.00. The lowest BCUT2D eigenvalue weighted by molar-refractivity contribution is 0.0781. The lowest BCUT2D eigenvalue weighted by Gasteiger charge is -2.18. The minimum atomic E-state index is -0.220. The maximum Gasteiger partial charge on any atom is 0.255 e. The molecule has 1 aromatic heterocycles. The summed E-state index contributed by atoms with van der Waals surface area (Å²) in [6.07, 6.45) is 0. The highest BCUT2D eigenvalue weighted by molar-refractivity contribution is 6.35. The maximum atomic E-state index is 12.6. The molecule has 0 saturated carbocycles. The third-order valence-electron chi connectivity index (χ3n) is 3.63. The number of aryl methyl sites for hydroxylation is 2. The molecule has 1 N–H and O–H groups in total. The lowest BCUT2D eigenvalue weighted by atomic mass is 10.1. The van der Waals surface area contributed by atoms with Crippen LogP contribution in [0.3, 0.4) is 0 Å². The van der Waals surface area contributed by atoms with Gasteiger partial charge in [0.2, 0.25) is 0 Å². The summed E-state index contributed by atoms with van der Waals surface area (Å²) in [5.74, 6) is 1.34. The molecule has 0 aliphatic rings. The number of H-pyrrole nitrogens is 1. The van der Waals surface area contributed by atoms with Gasteiger partial charge in [0.05, 0.1) is 37.0 Å². The van der Waals surface area contributed by atoms with Crippen LogP contribution in [0.15, 0.2) is 12.1 Å². The number of imidazole rings is 1. The highest BCUT2D eigenvalue weighted by Gasteiger charge is 2.21. The molecule has 6 nitrogen and oxygen atoms in total. The number of hydrogen-bond acceptors (Lipinski definition) is 4. The molecule has 1 heterocycles. The van der Waals surface area contributed by atoms with Gasteiger partial charge in [-0.3, -0.25) is 4.79 Å². The summed E-state index contributed by atoms with van der Waals surface area (Å²) in [7, 11) is 4.70. The van der Waals surface area contributed by atoms with E-state index in [1.165, 1.54) is 14.2 Å². The van der Waals surface area contributed by atoms with Crippen molar-refractivity contribution in [3.63, 3.8) is 0 Å². The molecule has 0 bridgehead atoms. The zero-order valence-electron chi connectivity index (χ0n) is 13.9. The van der Waals surface area contributed by atoms with E-state index in [2.05, 4.69) is 9.97 Å². The zero-order chi connectivity index (χ0) is 17.1. The van der Waals surface area contributed by atoms with Crippen LogP contribution in [0, 0.1) is 13.8 Å². The molecule has 1 aromatic carbocycles. The molecule has 0 unspecified atom stereocenters. The van der Waals surface area contributed by atoms with E-state index >= 15 is 0 Å². The van der Waals surface area contributed by atoms with Gasteiger partial charge >= 0.3 is 0 Å². The van der Waals surface area contributed by atoms with Crippen LogP contribution in [-0.4, -0.2) is 42.0 Å². The van der Waals surface area contributed by atoms with Gasteiger partial charge in [0.1, 0.15) is 5.82 Å². The van der Waals surface area contributed by atoms with Gasteiger partial charge in [-0.25, -0.2) is 4.98 Å². The molecule has 2 rings (SSSR count). The first-order valence-corrected chi connectivity index (χ1v) is 7.44. The molecule has 0 aliphatic heterocycles. The van der Waals surface area contributed by atoms with Crippen LogP contribution in [-0.2, 0) is 6.54 Å². The van der Waals surface area contributed by atoms with E-state index < -0.39 is 0 Å². The number of aromatic nitrogens is 2. The Kier molecular flexibility index (Phi) is 5.15. The molecule has 0 atom stereocenters. The average Bonchev–Trinajstić information content (AvgIpc) is 2.83. The number of rotatable bonds is 5. The fourth-order valence-corrected chi connectivity index (χ4v) is 2.57. The molecule has 7 heteroatoms. The summed E-state index contributed by atoms with van der Waals surface area (Å²) in [6.45, 7) is 4.22. The van der Waals surface area contributed by atoms with Gasteiger partial charge in [-0.15, -0.1) is 0 Å². The minimum Gasteiger partial charge on any atom is -0.493 e. The number of nitrogens with zero attached hydrogens (tertiary/aromatic N) is 2. The second-order valence-electron chi connectivity index (χ2n) is 5.22. The summed E-state index contributed by atoms with van der Waals surface area (Å²) in [5.41, 5.74) is 2.27. The second kappa shape index (κ2) is 6.91. The minimum absolute atomic E-state index is 0.220. The van der Waals surface area contributed by atoms with Gasteiger partial charge < -0.3 is 19.4 Å². The van der Waals surface area contributed by atoms with Crippen LogP contribution in [0.1, 0.15) is 27.6 Å². The summed E-state index contributed by atoms with van der Waals surface area (Å²) in [4.78, 5) is 21.7. The lowest BCUT2D eigenvalue weighted by Crippen LogP contribution is -2.27. The van der Waals surface area contributed by atoms with Crippen molar-refractivity contribution in [3.8, 4) is 11.5 Å². The van der Waals surface area contributed by atoms with E-state index in [0.717, 1.165) is 17.2 Å². The van der Waals surface area contributed by atoms with Gasteiger partial charge in [-0.05, 0) is 26.0 Å². The van der Waals surface area contributed by atoms with Crippen molar-refractivity contribution >= 4 is 17.5 Å². The first-order valence-electron chi connectivity index (χ1n) is 7.07. The van der Waals surface area contributed by atoms with Gasteiger partial charge in [-0.2, -0.15) is 0 Å². The van der Waals surface area contributed by atoms with Gasteiger partial charge in [0.15, 0.2) is 11.5 Å². The van der Waals surface area contributed by atoms with E-state index in [-0.39, 0.29) is 10.9 Å². The normalized spacial score (nSPS) is 10.5.